The molecule has 0 N–H and O–H groups in total. The summed E-state index contributed by atoms with van der Waals surface area (Å²) in [6.07, 6.45) is 3.45. The van der Waals surface area contributed by atoms with Crippen LogP contribution in [0.25, 0.3) is 17.3 Å². The Bertz CT molecular complexity index is 1440. The van der Waals surface area contributed by atoms with Gasteiger partial charge in [-0.2, -0.15) is 5.26 Å². The first kappa shape index (κ1) is 24.1. The lowest BCUT2D eigenvalue weighted by Crippen LogP contribution is -2.35. The van der Waals surface area contributed by atoms with Crippen LogP contribution in [-0.2, 0) is 4.79 Å². The average Bonchev–Trinajstić information content (AvgIpc) is 3.54. The number of hydrogen-bond donors (Lipinski definition) is 0. The van der Waals surface area contributed by atoms with Crippen molar-refractivity contribution in [1.82, 2.24) is 9.47 Å². The van der Waals surface area contributed by atoms with Crippen LogP contribution in [0.3, 0.4) is 0 Å². The first-order chi connectivity index (χ1) is 17.0. The lowest BCUT2D eigenvalue weighted by atomic mass is 10.1. The number of amides is 1. The van der Waals surface area contributed by atoms with Gasteiger partial charge in [-0.15, -0.1) is 11.3 Å². The molecule has 1 fully saturated rings. The molecule has 9 heteroatoms. The smallest absolute Gasteiger partial charge is 0.273 e. The molecule has 3 aromatic rings. The molecular formula is C26H25N3O5S. The monoisotopic (exact) mass is 491 g/mol. The van der Waals surface area contributed by atoms with Crippen molar-refractivity contribution in [3.63, 3.8) is 0 Å². The fourth-order valence-corrected chi connectivity index (χ4v) is 5.11. The van der Waals surface area contributed by atoms with Gasteiger partial charge >= 0.3 is 0 Å². The molecule has 0 spiro atoms. The Balaban J connectivity index is 2.05. The minimum atomic E-state index is -0.359. The molecule has 35 heavy (non-hydrogen) atoms. The van der Waals surface area contributed by atoms with Crippen LogP contribution >= 0.6 is 11.3 Å². The van der Waals surface area contributed by atoms with Gasteiger partial charge in [0.25, 0.3) is 11.5 Å². The van der Waals surface area contributed by atoms with Crippen molar-refractivity contribution in [3.05, 3.63) is 67.6 Å². The van der Waals surface area contributed by atoms with Crippen LogP contribution in [0.4, 0.5) is 0 Å². The van der Waals surface area contributed by atoms with Crippen LogP contribution in [0.5, 0.6) is 17.2 Å². The number of para-hydroxylation sites is 1. The Morgan fingerprint density at radius 1 is 1.03 bits per heavy atom. The van der Waals surface area contributed by atoms with Gasteiger partial charge in [-0.1, -0.05) is 18.2 Å². The van der Waals surface area contributed by atoms with Crippen LogP contribution in [0, 0.1) is 11.3 Å². The number of nitrogens with zero attached hydrogens (tertiary/aromatic N) is 3. The number of likely N-dealkylation sites (tertiary alicyclic amines) is 1. The summed E-state index contributed by atoms with van der Waals surface area (Å²) in [5, 5.41) is 9.99. The number of hydrogen-bond acceptors (Lipinski definition) is 7. The molecule has 0 radical (unpaired) electrons. The summed E-state index contributed by atoms with van der Waals surface area (Å²) in [6.45, 7) is 1.20. The number of carbonyl (C=O) groups is 1. The molecule has 1 aromatic heterocycles. The van der Waals surface area contributed by atoms with E-state index in [1.807, 2.05) is 6.07 Å². The Labute approximate surface area is 206 Å². The van der Waals surface area contributed by atoms with E-state index in [4.69, 9.17) is 14.2 Å². The largest absolute Gasteiger partial charge is 0.496 e. The van der Waals surface area contributed by atoms with Crippen molar-refractivity contribution in [1.29, 1.82) is 5.26 Å². The van der Waals surface area contributed by atoms with Gasteiger partial charge in [0.05, 0.1) is 37.1 Å². The second-order valence-electron chi connectivity index (χ2n) is 7.82. The number of aromatic nitrogens is 1. The lowest BCUT2D eigenvalue weighted by Gasteiger charge is -2.14. The number of methoxy groups -OCH3 is 3. The molecule has 0 bridgehead atoms. The molecule has 2 heterocycles. The van der Waals surface area contributed by atoms with Gasteiger partial charge in [0.1, 0.15) is 28.0 Å². The van der Waals surface area contributed by atoms with E-state index in [1.165, 1.54) is 25.9 Å². The van der Waals surface area contributed by atoms with Crippen molar-refractivity contribution in [3.8, 4) is 29.0 Å². The van der Waals surface area contributed by atoms with Gasteiger partial charge < -0.3 is 19.1 Å². The van der Waals surface area contributed by atoms with Crippen molar-refractivity contribution < 1.29 is 19.0 Å². The van der Waals surface area contributed by atoms with E-state index in [2.05, 4.69) is 6.07 Å². The van der Waals surface area contributed by atoms with Crippen LogP contribution in [0.1, 0.15) is 18.4 Å². The van der Waals surface area contributed by atoms with E-state index in [-0.39, 0.29) is 17.0 Å². The van der Waals surface area contributed by atoms with Crippen molar-refractivity contribution in [2.75, 3.05) is 34.4 Å². The van der Waals surface area contributed by atoms with E-state index in [9.17, 15) is 14.9 Å². The summed E-state index contributed by atoms with van der Waals surface area (Å²) in [7, 11) is 4.58. The van der Waals surface area contributed by atoms with Crippen molar-refractivity contribution in [2.24, 2.45) is 0 Å². The standard InChI is InChI=1S/C26H25N3O5S/c1-32-18-13-21(33-2)19(22(14-18)34-3)15-23-25(31)29(17-9-5-4-6-10-17)26(35-23)20(16-27)24(30)28-11-7-8-12-28/h4-6,9-10,13-15H,7-8,11-12H2,1-3H3. The van der Waals surface area contributed by atoms with Crippen molar-refractivity contribution in [2.45, 2.75) is 12.8 Å². The Morgan fingerprint density at radius 3 is 2.20 bits per heavy atom. The Kier molecular flexibility index (Phi) is 7.22. The minimum absolute atomic E-state index is 0.0498. The third-order valence-corrected chi connectivity index (χ3v) is 6.89. The topological polar surface area (TPSA) is 93.8 Å². The quantitative estimate of drug-likeness (QED) is 0.524. The SMILES string of the molecule is COc1cc(OC)c(C=c2sc(=C(C#N)C(=O)N3CCCC3)n(-c3ccccc3)c2=O)c(OC)c1. The highest BCUT2D eigenvalue weighted by Gasteiger charge is 2.24. The summed E-state index contributed by atoms with van der Waals surface area (Å²) in [5.74, 6) is 1.10. The maximum absolute atomic E-state index is 13.7. The summed E-state index contributed by atoms with van der Waals surface area (Å²) in [6, 6.07) is 14.4. The maximum Gasteiger partial charge on any atom is 0.273 e. The van der Waals surface area contributed by atoms with E-state index in [1.54, 1.807) is 47.4 Å². The van der Waals surface area contributed by atoms with E-state index in [0.717, 1.165) is 24.2 Å². The first-order valence-electron chi connectivity index (χ1n) is 11.0. The predicted octanol–water partition coefficient (Wildman–Crippen LogP) is 2.05. The maximum atomic E-state index is 13.7. The average molecular weight is 492 g/mol. The summed E-state index contributed by atoms with van der Waals surface area (Å²) >= 11 is 1.09. The van der Waals surface area contributed by atoms with E-state index in [0.29, 0.717) is 50.8 Å². The van der Waals surface area contributed by atoms with Crippen LogP contribution in [0.2, 0.25) is 0 Å². The number of ether oxygens (including phenoxy) is 3. The number of rotatable bonds is 6. The van der Waals surface area contributed by atoms with Crippen LogP contribution < -0.4 is 29.0 Å². The number of nitriles is 1. The molecule has 180 valence electrons. The molecule has 1 saturated heterocycles. The summed E-state index contributed by atoms with van der Waals surface area (Å²) in [5.41, 5.74) is 0.716. The Hall–Kier alpha value is -4.03. The highest BCUT2D eigenvalue weighted by molar-refractivity contribution is 7.07. The van der Waals surface area contributed by atoms with Crippen LogP contribution in [0.15, 0.2) is 47.3 Å². The fourth-order valence-electron chi connectivity index (χ4n) is 4.03. The van der Waals surface area contributed by atoms with Gasteiger partial charge in [-0.25, -0.2) is 0 Å². The predicted molar refractivity (Wildman–Crippen MR) is 134 cm³/mol. The zero-order chi connectivity index (χ0) is 24.9. The summed E-state index contributed by atoms with van der Waals surface area (Å²) < 4.78 is 18.4. The van der Waals surface area contributed by atoms with E-state index < -0.39 is 0 Å². The molecule has 1 aliphatic heterocycles. The Morgan fingerprint density at radius 2 is 1.66 bits per heavy atom. The lowest BCUT2D eigenvalue weighted by molar-refractivity contribution is -0.123. The molecule has 1 amide bonds. The minimum Gasteiger partial charge on any atom is -0.496 e. The number of carbonyl (C=O) groups excluding carboxylic acids is 1. The molecule has 4 rings (SSSR count). The second kappa shape index (κ2) is 10.5. The first-order valence-corrected chi connectivity index (χ1v) is 11.9. The third kappa shape index (κ3) is 4.66. The third-order valence-electron chi connectivity index (χ3n) is 5.80. The highest BCUT2D eigenvalue weighted by atomic mass is 32.1. The van der Waals surface area contributed by atoms with Crippen LogP contribution in [-0.4, -0.2) is 49.8 Å². The summed E-state index contributed by atoms with van der Waals surface area (Å²) in [4.78, 5) is 28.5. The van der Waals surface area contributed by atoms with Gasteiger partial charge in [0.2, 0.25) is 0 Å². The fraction of sp³-hybridized carbons (Fsp3) is 0.269. The molecular weight excluding hydrogens is 466 g/mol. The number of thiazole rings is 1. The van der Waals surface area contributed by atoms with Gasteiger partial charge in [0, 0.05) is 25.2 Å². The van der Waals surface area contributed by atoms with Gasteiger partial charge in [-0.3, -0.25) is 14.2 Å². The molecule has 0 atom stereocenters. The molecule has 8 nitrogen and oxygen atoms in total. The van der Waals surface area contributed by atoms with Gasteiger partial charge in [0.15, 0.2) is 5.57 Å². The van der Waals surface area contributed by atoms with Crippen molar-refractivity contribution >= 4 is 28.9 Å². The number of benzene rings is 2. The second-order valence-corrected chi connectivity index (χ2v) is 8.85. The molecule has 0 unspecified atom stereocenters. The highest BCUT2D eigenvalue weighted by Crippen LogP contribution is 2.34. The zero-order valence-corrected chi connectivity index (χ0v) is 20.6. The molecule has 0 aliphatic carbocycles. The normalized spacial score (nSPS) is 14.5. The van der Waals surface area contributed by atoms with Gasteiger partial charge in [-0.05, 0) is 31.1 Å². The molecule has 0 saturated carbocycles. The molecule has 2 aromatic carbocycles. The van der Waals surface area contributed by atoms with E-state index >= 15 is 0 Å². The molecule has 1 aliphatic rings. The zero-order valence-electron chi connectivity index (χ0n) is 19.7.